The molecule has 2 rings (SSSR count). The summed E-state index contributed by atoms with van der Waals surface area (Å²) in [7, 11) is 0. The van der Waals surface area contributed by atoms with Gasteiger partial charge in [0.15, 0.2) is 11.9 Å². The van der Waals surface area contributed by atoms with Crippen LogP contribution in [0, 0.1) is 0 Å². The predicted molar refractivity (Wildman–Crippen MR) is 78.2 cm³/mol. The lowest BCUT2D eigenvalue weighted by molar-refractivity contribution is -0.127. The molecule has 0 spiro atoms. The number of hydrogen-bond donors (Lipinski definition) is 1. The quantitative estimate of drug-likeness (QED) is 0.831. The number of Topliss-reactive ketones (excluding diaryl/α,β-unsaturated/α-hetero) is 1. The van der Waals surface area contributed by atoms with Gasteiger partial charge in [-0.25, -0.2) is 0 Å². The van der Waals surface area contributed by atoms with Crippen LogP contribution in [0.1, 0.15) is 16.6 Å². The summed E-state index contributed by atoms with van der Waals surface area (Å²) < 4.78 is 5.48. The summed E-state index contributed by atoms with van der Waals surface area (Å²) in [5.74, 6) is 0.221. The number of thiophene rings is 1. The molecule has 0 aliphatic heterocycles. The highest BCUT2D eigenvalue weighted by molar-refractivity contribution is 7.12. The van der Waals surface area contributed by atoms with Gasteiger partial charge in [-0.2, -0.15) is 0 Å². The number of carbonyl (C=O) groups is 2. The zero-order valence-electron chi connectivity index (χ0n) is 11.0. The van der Waals surface area contributed by atoms with Gasteiger partial charge in [0, 0.05) is 0 Å². The van der Waals surface area contributed by atoms with Crippen LogP contribution in [0.4, 0.5) is 0 Å². The highest BCUT2D eigenvalue weighted by atomic mass is 32.1. The monoisotopic (exact) mass is 289 g/mol. The molecule has 1 unspecified atom stereocenters. The standard InChI is InChI=1S/C15H15NO3S/c1-11(19-12-6-3-2-4-7-12)15(18)16-10-13(17)14-8-5-9-20-14/h2-9,11H,10H2,1H3,(H,16,18). The fourth-order valence-corrected chi connectivity index (χ4v) is 2.26. The first kappa shape index (κ1) is 14.3. The van der Waals surface area contributed by atoms with Crippen LogP contribution >= 0.6 is 11.3 Å². The molecule has 1 atom stereocenters. The van der Waals surface area contributed by atoms with E-state index in [1.165, 1.54) is 11.3 Å². The number of amides is 1. The van der Waals surface area contributed by atoms with Crippen molar-refractivity contribution in [2.75, 3.05) is 6.54 Å². The van der Waals surface area contributed by atoms with Gasteiger partial charge in [-0.3, -0.25) is 9.59 Å². The molecule has 20 heavy (non-hydrogen) atoms. The van der Waals surface area contributed by atoms with Crippen molar-refractivity contribution in [3.8, 4) is 5.75 Å². The molecule has 104 valence electrons. The average molecular weight is 289 g/mol. The van der Waals surface area contributed by atoms with Crippen LogP contribution in [0.2, 0.25) is 0 Å². The first-order chi connectivity index (χ1) is 9.66. The third-order valence-electron chi connectivity index (χ3n) is 2.64. The Morgan fingerprint density at radius 3 is 2.60 bits per heavy atom. The molecule has 4 nitrogen and oxygen atoms in total. The molecular weight excluding hydrogens is 274 g/mol. The van der Waals surface area contributed by atoms with E-state index in [-0.39, 0.29) is 18.2 Å². The minimum Gasteiger partial charge on any atom is -0.481 e. The van der Waals surface area contributed by atoms with Crippen LogP contribution in [0.3, 0.4) is 0 Å². The summed E-state index contributed by atoms with van der Waals surface area (Å²) in [6.07, 6.45) is -0.645. The lowest BCUT2D eigenvalue weighted by Crippen LogP contribution is -2.38. The number of benzene rings is 1. The number of para-hydroxylation sites is 1. The van der Waals surface area contributed by atoms with Crippen molar-refractivity contribution in [3.63, 3.8) is 0 Å². The van der Waals surface area contributed by atoms with Gasteiger partial charge in [0.1, 0.15) is 5.75 Å². The molecule has 1 N–H and O–H groups in total. The van der Waals surface area contributed by atoms with E-state index in [1.807, 2.05) is 23.6 Å². The van der Waals surface area contributed by atoms with Crippen LogP contribution < -0.4 is 10.1 Å². The van der Waals surface area contributed by atoms with Crippen molar-refractivity contribution in [1.29, 1.82) is 0 Å². The summed E-state index contributed by atoms with van der Waals surface area (Å²) >= 11 is 1.36. The molecule has 0 aliphatic rings. The Kier molecular flexibility index (Phi) is 4.90. The van der Waals surface area contributed by atoms with Crippen LogP contribution in [-0.4, -0.2) is 24.3 Å². The molecule has 0 saturated carbocycles. The molecule has 0 fully saturated rings. The zero-order chi connectivity index (χ0) is 14.4. The highest BCUT2D eigenvalue weighted by Crippen LogP contribution is 2.11. The minimum atomic E-state index is -0.645. The summed E-state index contributed by atoms with van der Waals surface area (Å²) in [4.78, 5) is 24.2. The number of ether oxygens (including phenoxy) is 1. The Morgan fingerprint density at radius 1 is 1.20 bits per heavy atom. The maximum absolute atomic E-state index is 11.8. The Hall–Kier alpha value is -2.14. The minimum absolute atomic E-state index is 0.0121. The summed E-state index contributed by atoms with van der Waals surface area (Å²) in [5.41, 5.74) is 0. The summed E-state index contributed by atoms with van der Waals surface area (Å²) in [6.45, 7) is 1.64. The molecular formula is C15H15NO3S. The Balaban J connectivity index is 1.81. The zero-order valence-corrected chi connectivity index (χ0v) is 11.9. The van der Waals surface area contributed by atoms with Crippen LogP contribution in [0.15, 0.2) is 47.8 Å². The smallest absolute Gasteiger partial charge is 0.261 e. The molecule has 1 aromatic heterocycles. The molecule has 0 saturated heterocycles. The predicted octanol–water partition coefficient (Wildman–Crippen LogP) is 2.51. The molecule has 1 aromatic carbocycles. The van der Waals surface area contributed by atoms with E-state index in [2.05, 4.69) is 5.32 Å². The average Bonchev–Trinajstić information content (AvgIpc) is 2.99. The van der Waals surface area contributed by atoms with Crippen molar-refractivity contribution in [3.05, 3.63) is 52.7 Å². The number of hydrogen-bond acceptors (Lipinski definition) is 4. The van der Waals surface area contributed by atoms with Crippen molar-refractivity contribution < 1.29 is 14.3 Å². The molecule has 2 aromatic rings. The second-order valence-electron chi connectivity index (χ2n) is 4.19. The van der Waals surface area contributed by atoms with Crippen LogP contribution in [-0.2, 0) is 4.79 Å². The lowest BCUT2D eigenvalue weighted by atomic mass is 10.3. The molecule has 1 heterocycles. The van der Waals surface area contributed by atoms with E-state index in [0.29, 0.717) is 10.6 Å². The maximum atomic E-state index is 11.8. The normalized spacial score (nSPS) is 11.7. The Labute approximate surface area is 121 Å². The number of nitrogens with one attached hydrogen (secondary N) is 1. The van der Waals surface area contributed by atoms with Gasteiger partial charge in [0.25, 0.3) is 5.91 Å². The topological polar surface area (TPSA) is 55.4 Å². The fraction of sp³-hybridized carbons (Fsp3) is 0.200. The molecule has 1 amide bonds. The lowest BCUT2D eigenvalue weighted by Gasteiger charge is -2.14. The van der Waals surface area contributed by atoms with Gasteiger partial charge in [-0.1, -0.05) is 24.3 Å². The number of carbonyl (C=O) groups excluding carboxylic acids is 2. The Bertz CT molecular complexity index is 566. The highest BCUT2D eigenvalue weighted by Gasteiger charge is 2.16. The van der Waals surface area contributed by atoms with Gasteiger partial charge in [-0.15, -0.1) is 11.3 Å². The summed E-state index contributed by atoms with van der Waals surface area (Å²) in [6, 6.07) is 12.6. The SMILES string of the molecule is CC(Oc1ccccc1)C(=O)NCC(=O)c1cccs1. The van der Waals surface area contributed by atoms with E-state index >= 15 is 0 Å². The fourth-order valence-electron chi connectivity index (χ4n) is 1.59. The van der Waals surface area contributed by atoms with E-state index in [1.54, 1.807) is 31.2 Å². The first-order valence-corrected chi connectivity index (χ1v) is 7.11. The summed E-state index contributed by atoms with van der Waals surface area (Å²) in [5, 5.41) is 4.41. The Morgan fingerprint density at radius 2 is 1.95 bits per heavy atom. The molecule has 0 radical (unpaired) electrons. The third kappa shape index (κ3) is 3.93. The van der Waals surface area contributed by atoms with Crippen molar-refractivity contribution >= 4 is 23.0 Å². The van der Waals surface area contributed by atoms with Crippen molar-refractivity contribution in [2.24, 2.45) is 0 Å². The first-order valence-electron chi connectivity index (χ1n) is 6.23. The third-order valence-corrected chi connectivity index (χ3v) is 3.56. The molecule has 0 aliphatic carbocycles. The molecule has 0 bridgehead atoms. The second kappa shape index (κ2) is 6.86. The van der Waals surface area contributed by atoms with Crippen LogP contribution in [0.25, 0.3) is 0 Å². The van der Waals surface area contributed by atoms with Gasteiger partial charge in [0.2, 0.25) is 0 Å². The largest absolute Gasteiger partial charge is 0.481 e. The van der Waals surface area contributed by atoms with Gasteiger partial charge >= 0.3 is 0 Å². The maximum Gasteiger partial charge on any atom is 0.261 e. The van der Waals surface area contributed by atoms with Gasteiger partial charge in [0.05, 0.1) is 11.4 Å². The van der Waals surface area contributed by atoms with Crippen LogP contribution in [0.5, 0.6) is 5.75 Å². The number of ketones is 1. The van der Waals surface area contributed by atoms with E-state index in [4.69, 9.17) is 4.74 Å². The van der Waals surface area contributed by atoms with E-state index in [9.17, 15) is 9.59 Å². The molecule has 5 heteroatoms. The van der Waals surface area contributed by atoms with Gasteiger partial charge < -0.3 is 10.1 Å². The van der Waals surface area contributed by atoms with Gasteiger partial charge in [-0.05, 0) is 30.5 Å². The van der Waals surface area contributed by atoms with Crippen molar-refractivity contribution in [1.82, 2.24) is 5.32 Å². The van der Waals surface area contributed by atoms with E-state index in [0.717, 1.165) is 0 Å². The number of rotatable bonds is 6. The second-order valence-corrected chi connectivity index (χ2v) is 5.14. The van der Waals surface area contributed by atoms with Crippen molar-refractivity contribution in [2.45, 2.75) is 13.0 Å². The van der Waals surface area contributed by atoms with E-state index < -0.39 is 6.10 Å².